The molecule has 0 fully saturated rings. The Morgan fingerprint density at radius 1 is 1.22 bits per heavy atom. The lowest BCUT2D eigenvalue weighted by molar-refractivity contribution is 1.48. The SMILES string of the molecule is Nc1ccc([S])c(N)c1. The van der Waals surface area contributed by atoms with Crippen molar-refractivity contribution < 1.29 is 0 Å². The van der Waals surface area contributed by atoms with Crippen LogP contribution in [-0.4, -0.2) is 0 Å². The second-order valence-corrected chi connectivity index (χ2v) is 2.24. The molecule has 0 atom stereocenters. The van der Waals surface area contributed by atoms with E-state index in [1.165, 1.54) is 0 Å². The highest BCUT2D eigenvalue weighted by Gasteiger charge is 1.92. The van der Waals surface area contributed by atoms with Gasteiger partial charge in [0.15, 0.2) is 0 Å². The largest absolute Gasteiger partial charge is 0.399 e. The van der Waals surface area contributed by atoms with Crippen molar-refractivity contribution in [1.29, 1.82) is 0 Å². The number of nitrogen functional groups attached to an aromatic ring is 2. The lowest BCUT2D eigenvalue weighted by Crippen LogP contribution is -1.89. The maximum absolute atomic E-state index is 5.44. The third kappa shape index (κ3) is 1.23. The van der Waals surface area contributed by atoms with Crippen LogP contribution in [0.4, 0.5) is 11.4 Å². The third-order valence-electron chi connectivity index (χ3n) is 1.03. The number of nitrogens with two attached hydrogens (primary N) is 2. The van der Waals surface area contributed by atoms with Crippen molar-refractivity contribution in [3.8, 4) is 0 Å². The molecule has 3 heteroatoms. The summed E-state index contributed by atoms with van der Waals surface area (Å²) in [6, 6.07) is 5.11. The monoisotopic (exact) mass is 139 g/mol. The van der Waals surface area contributed by atoms with Crippen LogP contribution in [0.15, 0.2) is 23.1 Å². The van der Waals surface area contributed by atoms with Crippen molar-refractivity contribution in [2.75, 3.05) is 11.5 Å². The van der Waals surface area contributed by atoms with Crippen molar-refractivity contribution in [3.05, 3.63) is 18.2 Å². The molecule has 0 unspecified atom stereocenters. The van der Waals surface area contributed by atoms with Crippen LogP contribution < -0.4 is 11.5 Å². The van der Waals surface area contributed by atoms with Gasteiger partial charge in [-0.1, -0.05) is 12.6 Å². The first-order chi connectivity index (χ1) is 4.20. The van der Waals surface area contributed by atoms with Crippen molar-refractivity contribution in [2.45, 2.75) is 4.90 Å². The van der Waals surface area contributed by atoms with Gasteiger partial charge in [-0.25, -0.2) is 0 Å². The smallest absolute Gasteiger partial charge is 0.0608 e. The van der Waals surface area contributed by atoms with Crippen molar-refractivity contribution in [1.82, 2.24) is 0 Å². The van der Waals surface area contributed by atoms with Crippen LogP contribution in [0, 0.1) is 0 Å². The van der Waals surface area contributed by atoms with Gasteiger partial charge in [0.1, 0.15) is 0 Å². The number of hydrogen-bond acceptors (Lipinski definition) is 2. The molecular weight excluding hydrogens is 132 g/mol. The summed E-state index contributed by atoms with van der Waals surface area (Å²) in [7, 11) is 0. The highest BCUT2D eigenvalue weighted by atomic mass is 32.1. The van der Waals surface area contributed by atoms with Gasteiger partial charge in [0, 0.05) is 5.69 Å². The van der Waals surface area contributed by atoms with Crippen LogP contribution in [0.5, 0.6) is 0 Å². The quantitative estimate of drug-likeness (QED) is 0.534. The predicted molar refractivity (Wildman–Crippen MR) is 41.1 cm³/mol. The van der Waals surface area contributed by atoms with Gasteiger partial charge >= 0.3 is 0 Å². The van der Waals surface area contributed by atoms with Gasteiger partial charge in [-0.2, -0.15) is 0 Å². The average Bonchev–Trinajstić information content (AvgIpc) is 1.80. The maximum atomic E-state index is 5.44. The molecule has 47 valence electrons. The summed E-state index contributed by atoms with van der Waals surface area (Å²) in [6.07, 6.45) is 0. The number of hydrogen-bond donors (Lipinski definition) is 2. The van der Waals surface area contributed by atoms with Gasteiger partial charge in [0.05, 0.1) is 10.6 Å². The minimum absolute atomic E-state index is 0.574. The molecular formula is C6H7N2S. The van der Waals surface area contributed by atoms with E-state index in [1.54, 1.807) is 18.2 Å². The van der Waals surface area contributed by atoms with Crippen LogP contribution >= 0.6 is 12.6 Å². The summed E-state index contributed by atoms with van der Waals surface area (Å²) in [6.45, 7) is 0. The molecule has 0 aromatic heterocycles. The summed E-state index contributed by atoms with van der Waals surface area (Å²) >= 11 is 4.83. The summed E-state index contributed by atoms with van der Waals surface area (Å²) < 4.78 is 0. The number of anilines is 2. The normalized spacial score (nSPS) is 9.33. The lowest BCUT2D eigenvalue weighted by Gasteiger charge is -1.96. The molecule has 0 aliphatic carbocycles. The van der Waals surface area contributed by atoms with E-state index >= 15 is 0 Å². The Kier molecular flexibility index (Phi) is 1.44. The van der Waals surface area contributed by atoms with Gasteiger partial charge in [-0.05, 0) is 18.2 Å². The zero-order chi connectivity index (χ0) is 6.85. The molecule has 0 amide bonds. The van der Waals surface area contributed by atoms with E-state index in [0.29, 0.717) is 16.3 Å². The number of benzene rings is 1. The van der Waals surface area contributed by atoms with Gasteiger partial charge in [-0.3, -0.25) is 0 Å². The molecule has 0 heterocycles. The van der Waals surface area contributed by atoms with Gasteiger partial charge in [0.2, 0.25) is 0 Å². The van der Waals surface area contributed by atoms with E-state index in [4.69, 9.17) is 24.1 Å². The van der Waals surface area contributed by atoms with E-state index < -0.39 is 0 Å². The van der Waals surface area contributed by atoms with E-state index in [-0.39, 0.29) is 0 Å². The molecule has 2 nitrogen and oxygen atoms in total. The van der Waals surface area contributed by atoms with E-state index in [2.05, 4.69) is 0 Å². The fraction of sp³-hybridized carbons (Fsp3) is 0. The average molecular weight is 139 g/mol. The third-order valence-corrected chi connectivity index (χ3v) is 1.41. The second-order valence-electron chi connectivity index (χ2n) is 1.80. The molecule has 1 aromatic carbocycles. The Morgan fingerprint density at radius 2 is 1.89 bits per heavy atom. The van der Waals surface area contributed by atoms with Crippen LogP contribution in [0.25, 0.3) is 0 Å². The fourth-order valence-corrected chi connectivity index (χ4v) is 0.694. The molecule has 9 heavy (non-hydrogen) atoms. The summed E-state index contributed by atoms with van der Waals surface area (Å²) in [4.78, 5) is 0.657. The Hall–Kier alpha value is -0.960. The standard InChI is InChI=1S/C6H7N2S/c7-4-1-2-6(9)5(8)3-4/h1-3H,7-8H2. The molecule has 0 saturated heterocycles. The molecule has 0 aliphatic heterocycles. The van der Waals surface area contributed by atoms with Crippen molar-refractivity contribution >= 4 is 24.0 Å². The molecule has 4 N–H and O–H groups in total. The molecule has 1 rings (SSSR count). The minimum atomic E-state index is 0.574. The van der Waals surface area contributed by atoms with E-state index in [0.717, 1.165) is 0 Å². The molecule has 1 radical (unpaired) electrons. The molecule has 0 bridgehead atoms. The second kappa shape index (κ2) is 2.11. The molecule has 0 spiro atoms. The highest BCUT2D eigenvalue weighted by Crippen LogP contribution is 2.18. The number of rotatable bonds is 0. The van der Waals surface area contributed by atoms with Crippen LogP contribution in [0.3, 0.4) is 0 Å². The Bertz CT molecular complexity index is 222. The lowest BCUT2D eigenvalue weighted by atomic mass is 10.3. The molecule has 1 aromatic rings. The van der Waals surface area contributed by atoms with Crippen LogP contribution in [0.2, 0.25) is 0 Å². The van der Waals surface area contributed by atoms with Crippen molar-refractivity contribution in [3.63, 3.8) is 0 Å². The van der Waals surface area contributed by atoms with Crippen LogP contribution in [0.1, 0.15) is 0 Å². The van der Waals surface area contributed by atoms with Crippen molar-refractivity contribution in [2.24, 2.45) is 0 Å². The predicted octanol–water partition coefficient (Wildman–Crippen LogP) is 1.41. The van der Waals surface area contributed by atoms with Crippen LogP contribution in [-0.2, 0) is 0 Å². The highest BCUT2D eigenvalue weighted by molar-refractivity contribution is 7.80. The summed E-state index contributed by atoms with van der Waals surface area (Å²) in [5.41, 5.74) is 12.1. The Balaban J connectivity index is 3.17. The summed E-state index contributed by atoms with van der Waals surface area (Å²) in [5.74, 6) is 0. The minimum Gasteiger partial charge on any atom is -0.399 e. The Labute approximate surface area is 59.3 Å². The van der Waals surface area contributed by atoms with Gasteiger partial charge in [0.25, 0.3) is 0 Å². The topological polar surface area (TPSA) is 52.0 Å². The van der Waals surface area contributed by atoms with Gasteiger partial charge < -0.3 is 11.5 Å². The fourth-order valence-electron chi connectivity index (χ4n) is 0.567. The van der Waals surface area contributed by atoms with E-state index in [1.807, 2.05) is 0 Å². The maximum Gasteiger partial charge on any atom is 0.0608 e. The first-order valence-electron chi connectivity index (χ1n) is 2.52. The summed E-state index contributed by atoms with van der Waals surface area (Å²) in [5, 5.41) is 0. The zero-order valence-corrected chi connectivity index (χ0v) is 5.61. The molecule has 0 aliphatic rings. The first kappa shape index (κ1) is 6.16. The zero-order valence-electron chi connectivity index (χ0n) is 4.79. The van der Waals surface area contributed by atoms with E-state index in [9.17, 15) is 0 Å². The van der Waals surface area contributed by atoms with Gasteiger partial charge in [-0.15, -0.1) is 0 Å². The molecule has 0 saturated carbocycles. The Morgan fingerprint density at radius 3 is 2.33 bits per heavy atom. The first-order valence-corrected chi connectivity index (χ1v) is 2.93.